The molecular weight excluding hydrogens is 358 g/mol. The van der Waals surface area contributed by atoms with Crippen molar-refractivity contribution in [2.75, 3.05) is 26.7 Å². The Labute approximate surface area is 166 Å². The summed E-state index contributed by atoms with van der Waals surface area (Å²) in [6, 6.07) is 0. The van der Waals surface area contributed by atoms with E-state index in [9.17, 15) is 14.7 Å². The Kier molecular flexibility index (Phi) is 5.82. The molecule has 3 rings (SSSR count). The van der Waals surface area contributed by atoms with Gasteiger partial charge in [0.1, 0.15) is 11.7 Å². The summed E-state index contributed by atoms with van der Waals surface area (Å²) in [5.74, 6) is -0.476. The van der Waals surface area contributed by atoms with Gasteiger partial charge in [0.15, 0.2) is 5.69 Å². The molecule has 1 fully saturated rings. The number of nitrogens with two attached hydrogens (primary N) is 1. The van der Waals surface area contributed by atoms with Crippen LogP contribution in [0.5, 0.6) is 0 Å². The molecule has 1 aromatic heterocycles. The fraction of sp³-hybridized carbons (Fsp3) is 0.750. The van der Waals surface area contributed by atoms with Gasteiger partial charge in [0, 0.05) is 26.2 Å². The van der Waals surface area contributed by atoms with Crippen LogP contribution in [0, 0.1) is 5.41 Å². The number of carbonyl (C=O) groups is 2. The highest BCUT2D eigenvalue weighted by Gasteiger charge is 2.41. The van der Waals surface area contributed by atoms with Crippen LogP contribution in [0.1, 0.15) is 68.0 Å². The van der Waals surface area contributed by atoms with Crippen LogP contribution in [0.2, 0.25) is 0 Å². The Morgan fingerprint density at radius 2 is 1.93 bits per heavy atom. The van der Waals surface area contributed by atoms with Gasteiger partial charge in [0.25, 0.3) is 5.91 Å². The monoisotopic (exact) mass is 391 g/mol. The van der Waals surface area contributed by atoms with Gasteiger partial charge in [-0.25, -0.2) is 4.98 Å². The number of imidazole rings is 1. The zero-order valence-electron chi connectivity index (χ0n) is 17.4. The highest BCUT2D eigenvalue weighted by Crippen LogP contribution is 2.38. The molecule has 28 heavy (non-hydrogen) atoms. The summed E-state index contributed by atoms with van der Waals surface area (Å²) < 4.78 is 2.04. The molecule has 3 heterocycles. The molecule has 2 aliphatic heterocycles. The largest absolute Gasteiger partial charge is 0.391 e. The molecule has 156 valence electrons. The third-order valence-corrected chi connectivity index (χ3v) is 5.76. The summed E-state index contributed by atoms with van der Waals surface area (Å²) in [5, 5.41) is 10.0. The van der Waals surface area contributed by atoms with E-state index in [2.05, 4.69) is 9.88 Å². The highest BCUT2D eigenvalue weighted by atomic mass is 16.3. The maximum Gasteiger partial charge on any atom is 0.269 e. The van der Waals surface area contributed by atoms with Gasteiger partial charge in [-0.2, -0.15) is 0 Å². The molecule has 2 aliphatic rings. The Morgan fingerprint density at radius 3 is 2.54 bits per heavy atom. The van der Waals surface area contributed by atoms with E-state index in [1.807, 2.05) is 32.4 Å². The van der Waals surface area contributed by atoms with Gasteiger partial charge in [-0.3, -0.25) is 9.59 Å². The minimum Gasteiger partial charge on any atom is -0.391 e. The van der Waals surface area contributed by atoms with Crippen LogP contribution >= 0.6 is 0 Å². The minimum atomic E-state index is -0.557. The predicted molar refractivity (Wildman–Crippen MR) is 106 cm³/mol. The fourth-order valence-electron chi connectivity index (χ4n) is 4.37. The van der Waals surface area contributed by atoms with E-state index in [4.69, 9.17) is 5.73 Å². The molecule has 8 heteroatoms. The van der Waals surface area contributed by atoms with Crippen LogP contribution in [-0.4, -0.2) is 69.1 Å². The average Bonchev–Trinajstić information content (AvgIpc) is 2.80. The molecule has 0 saturated carbocycles. The second-order valence-electron chi connectivity index (χ2n) is 9.25. The lowest BCUT2D eigenvalue weighted by atomic mass is 9.78. The van der Waals surface area contributed by atoms with E-state index >= 15 is 0 Å². The van der Waals surface area contributed by atoms with Gasteiger partial charge in [-0.15, -0.1) is 0 Å². The van der Waals surface area contributed by atoms with Crippen molar-refractivity contribution in [3.63, 3.8) is 0 Å². The van der Waals surface area contributed by atoms with Crippen LogP contribution < -0.4 is 5.73 Å². The van der Waals surface area contributed by atoms with Crippen LogP contribution in [-0.2, 0) is 17.9 Å². The number of amides is 2. The van der Waals surface area contributed by atoms with Crippen molar-refractivity contribution in [2.45, 2.75) is 65.1 Å². The summed E-state index contributed by atoms with van der Waals surface area (Å²) in [6.07, 6.45) is 1.95. The SMILES string of the molecule is CN1CCCn2c([C@@H](C(=O)N3CCC[C@H](O)C3)C(C)(C)C)nc(C(N)=O)c2C1. The number of aliphatic hydroxyl groups excluding tert-OH is 1. The number of rotatable bonds is 3. The van der Waals surface area contributed by atoms with Crippen LogP contribution in [0.4, 0.5) is 0 Å². The molecule has 2 atom stereocenters. The number of carbonyl (C=O) groups excluding carboxylic acids is 2. The predicted octanol–water partition coefficient (Wildman–Crippen LogP) is 0.931. The summed E-state index contributed by atoms with van der Waals surface area (Å²) in [7, 11) is 2.01. The molecular formula is C20H33N5O3. The normalized spacial score (nSPS) is 22.5. The van der Waals surface area contributed by atoms with E-state index in [1.165, 1.54) is 0 Å². The van der Waals surface area contributed by atoms with Gasteiger partial charge in [0.2, 0.25) is 5.91 Å². The summed E-state index contributed by atoms with van der Waals surface area (Å²) in [4.78, 5) is 34.1. The van der Waals surface area contributed by atoms with Crippen molar-refractivity contribution < 1.29 is 14.7 Å². The fourth-order valence-corrected chi connectivity index (χ4v) is 4.37. The van der Waals surface area contributed by atoms with E-state index in [0.717, 1.165) is 31.5 Å². The van der Waals surface area contributed by atoms with E-state index in [0.29, 0.717) is 32.0 Å². The molecule has 1 saturated heterocycles. The summed E-state index contributed by atoms with van der Waals surface area (Å²) >= 11 is 0. The molecule has 0 radical (unpaired) electrons. The van der Waals surface area contributed by atoms with Crippen molar-refractivity contribution in [3.8, 4) is 0 Å². The molecule has 0 unspecified atom stereocenters. The highest BCUT2D eigenvalue weighted by molar-refractivity contribution is 5.92. The van der Waals surface area contributed by atoms with Crippen LogP contribution in [0.25, 0.3) is 0 Å². The van der Waals surface area contributed by atoms with Crippen molar-refractivity contribution in [1.29, 1.82) is 0 Å². The molecule has 0 aliphatic carbocycles. The second kappa shape index (κ2) is 7.83. The first-order valence-electron chi connectivity index (χ1n) is 10.1. The zero-order chi connectivity index (χ0) is 20.6. The molecule has 3 N–H and O–H groups in total. The van der Waals surface area contributed by atoms with Gasteiger partial charge in [-0.05, 0) is 38.3 Å². The lowest BCUT2D eigenvalue weighted by Gasteiger charge is -2.37. The van der Waals surface area contributed by atoms with E-state index in [-0.39, 0.29) is 11.6 Å². The first-order valence-corrected chi connectivity index (χ1v) is 10.1. The minimum absolute atomic E-state index is 0.0346. The molecule has 8 nitrogen and oxygen atoms in total. The summed E-state index contributed by atoms with van der Waals surface area (Å²) in [6.45, 7) is 9.24. The van der Waals surface area contributed by atoms with Gasteiger partial charge in [0.05, 0.1) is 11.8 Å². The maximum absolute atomic E-state index is 13.5. The van der Waals surface area contributed by atoms with Gasteiger partial charge < -0.3 is 25.2 Å². The quantitative estimate of drug-likeness (QED) is 0.798. The Balaban J connectivity index is 2.07. The number of aliphatic hydroxyl groups is 1. The van der Waals surface area contributed by atoms with Crippen molar-refractivity contribution in [3.05, 3.63) is 17.2 Å². The number of primary amides is 1. The Bertz CT molecular complexity index is 752. The first kappa shape index (κ1) is 20.8. The Morgan fingerprint density at radius 1 is 1.21 bits per heavy atom. The number of nitrogens with zero attached hydrogens (tertiary/aromatic N) is 4. The Hall–Kier alpha value is -1.93. The molecule has 0 spiro atoms. The van der Waals surface area contributed by atoms with Gasteiger partial charge in [-0.1, -0.05) is 20.8 Å². The number of hydrogen-bond acceptors (Lipinski definition) is 5. The lowest BCUT2D eigenvalue weighted by Crippen LogP contribution is -2.47. The number of β-amino-alcohol motifs (C(OH)–C–C–N with tert-alkyl or cyclic N) is 1. The van der Waals surface area contributed by atoms with Crippen LogP contribution in [0.15, 0.2) is 0 Å². The van der Waals surface area contributed by atoms with Crippen molar-refractivity contribution >= 4 is 11.8 Å². The number of hydrogen-bond donors (Lipinski definition) is 2. The van der Waals surface area contributed by atoms with Gasteiger partial charge >= 0.3 is 0 Å². The third-order valence-electron chi connectivity index (χ3n) is 5.76. The zero-order valence-corrected chi connectivity index (χ0v) is 17.4. The average molecular weight is 392 g/mol. The smallest absolute Gasteiger partial charge is 0.269 e. The topological polar surface area (TPSA) is 105 Å². The number of aromatic nitrogens is 2. The van der Waals surface area contributed by atoms with E-state index in [1.54, 1.807) is 4.90 Å². The summed E-state index contributed by atoms with van der Waals surface area (Å²) in [5.41, 5.74) is 6.30. The number of fused-ring (bicyclic) bond motifs is 1. The molecule has 2 amide bonds. The number of piperidine rings is 1. The van der Waals surface area contributed by atoms with E-state index < -0.39 is 23.3 Å². The lowest BCUT2D eigenvalue weighted by molar-refractivity contribution is -0.138. The first-order chi connectivity index (χ1) is 13.1. The van der Waals surface area contributed by atoms with Crippen LogP contribution in [0.3, 0.4) is 0 Å². The molecule has 1 aromatic rings. The van der Waals surface area contributed by atoms with Crippen molar-refractivity contribution in [1.82, 2.24) is 19.4 Å². The third kappa shape index (κ3) is 4.07. The molecule has 0 aromatic carbocycles. The maximum atomic E-state index is 13.5. The molecule has 0 bridgehead atoms. The van der Waals surface area contributed by atoms with Crippen molar-refractivity contribution in [2.24, 2.45) is 11.1 Å². The second-order valence-corrected chi connectivity index (χ2v) is 9.25. The standard InChI is InChI=1S/C20H33N5O3/c1-20(2,3)15(19(28)24-9-5-7-13(26)11-24)18-22-16(17(21)27)14-12-23(4)8-6-10-25(14)18/h13,15,26H,5-12H2,1-4H3,(H2,21,27)/t13-,15-/m0/s1. The number of likely N-dealkylation sites (tertiary alicyclic amines) is 1.